The summed E-state index contributed by atoms with van der Waals surface area (Å²) in [6.45, 7) is 13.7. The van der Waals surface area contributed by atoms with Gasteiger partial charge in [0.2, 0.25) is 8.32 Å². The standard InChI is InChI=1S/C32H32N4O9Si/c1-8-45-46(31(2,3)4,32(5,6)7)29-17-28(35(41)42)24-15-20-11-18-13-22-23(27(34(39)40)10-9-26(22)33(37)38)14-19(18)12-21(20)16-25(24)30(29)36(43)44/h9-17H,8H2,1-7H3. The Labute approximate surface area is 263 Å². The predicted octanol–water partition coefficient (Wildman–Crippen LogP) is 8.72. The van der Waals surface area contributed by atoms with Crippen molar-refractivity contribution < 1.29 is 24.1 Å². The smallest absolute Gasteiger partial charge is 0.279 e. The molecule has 5 rings (SSSR count). The number of nitrogens with zero attached hydrogens (tertiary/aromatic N) is 4. The molecule has 0 aliphatic heterocycles. The van der Waals surface area contributed by atoms with E-state index >= 15 is 0 Å². The van der Waals surface area contributed by atoms with E-state index in [-0.39, 0.29) is 56.1 Å². The maximum absolute atomic E-state index is 13.0. The van der Waals surface area contributed by atoms with Gasteiger partial charge in [0, 0.05) is 24.8 Å². The molecule has 238 valence electrons. The van der Waals surface area contributed by atoms with Crippen LogP contribution in [0.25, 0.3) is 43.1 Å². The third kappa shape index (κ3) is 4.80. The van der Waals surface area contributed by atoms with Gasteiger partial charge in [-0.05, 0) is 74.9 Å². The summed E-state index contributed by atoms with van der Waals surface area (Å²) < 4.78 is 6.57. The van der Waals surface area contributed by atoms with Gasteiger partial charge in [-0.15, -0.1) is 0 Å². The fraction of sp³-hybridized carbons (Fsp3) is 0.312. The highest BCUT2D eigenvalue weighted by molar-refractivity contribution is 6.92. The van der Waals surface area contributed by atoms with Crippen LogP contribution in [-0.2, 0) is 4.43 Å². The van der Waals surface area contributed by atoms with Crippen LogP contribution in [0.2, 0.25) is 10.1 Å². The van der Waals surface area contributed by atoms with Gasteiger partial charge in [-0.1, -0.05) is 41.5 Å². The van der Waals surface area contributed by atoms with Crippen LogP contribution in [0.3, 0.4) is 0 Å². The molecule has 0 saturated heterocycles. The number of benzene rings is 5. The van der Waals surface area contributed by atoms with Gasteiger partial charge in [0.05, 0.1) is 46.4 Å². The quantitative estimate of drug-likeness (QED) is 0.0723. The summed E-state index contributed by atoms with van der Waals surface area (Å²) in [5.74, 6) is 0. The minimum absolute atomic E-state index is 0.0666. The fourth-order valence-electron chi connectivity index (χ4n) is 7.29. The monoisotopic (exact) mass is 644 g/mol. The van der Waals surface area contributed by atoms with E-state index in [1.165, 1.54) is 24.3 Å². The van der Waals surface area contributed by atoms with Gasteiger partial charge in [-0.25, -0.2) is 0 Å². The van der Waals surface area contributed by atoms with Crippen LogP contribution in [0.5, 0.6) is 0 Å². The third-order valence-electron chi connectivity index (χ3n) is 8.71. The Morgan fingerprint density at radius 1 is 0.565 bits per heavy atom. The van der Waals surface area contributed by atoms with Crippen molar-refractivity contribution in [3.8, 4) is 0 Å². The molecular weight excluding hydrogens is 612 g/mol. The van der Waals surface area contributed by atoms with Gasteiger partial charge < -0.3 is 4.43 Å². The topological polar surface area (TPSA) is 182 Å². The SMILES string of the molecule is CCO[Si](c1cc([N+](=O)[O-])c2cc3cc4cc5c([N+](=O)[O-])ccc([N+](=O)[O-])c5cc4cc3cc2c1[N+](=O)[O-])(C(C)(C)C)C(C)(C)C. The van der Waals surface area contributed by atoms with Crippen molar-refractivity contribution in [1.29, 1.82) is 0 Å². The molecule has 0 bridgehead atoms. The second-order valence-corrected chi connectivity index (χ2v) is 18.6. The zero-order valence-corrected chi connectivity index (χ0v) is 27.4. The Kier molecular flexibility index (Phi) is 7.57. The minimum atomic E-state index is -3.42. The first kappa shape index (κ1) is 32.3. The molecule has 0 unspecified atom stereocenters. The molecular formula is C32H32N4O9Si. The number of nitro groups is 4. The molecule has 0 N–H and O–H groups in total. The highest BCUT2D eigenvalue weighted by Crippen LogP contribution is 2.53. The number of hydrogen-bond acceptors (Lipinski definition) is 9. The Morgan fingerprint density at radius 2 is 0.935 bits per heavy atom. The van der Waals surface area contributed by atoms with Crippen LogP contribution < -0.4 is 5.19 Å². The van der Waals surface area contributed by atoms with E-state index in [4.69, 9.17) is 4.43 Å². The molecule has 0 aromatic heterocycles. The minimum Gasteiger partial charge on any atom is -0.411 e. The molecule has 0 aliphatic rings. The van der Waals surface area contributed by atoms with E-state index in [1.807, 2.05) is 48.5 Å². The van der Waals surface area contributed by atoms with Crippen LogP contribution in [0.4, 0.5) is 22.7 Å². The maximum Gasteiger partial charge on any atom is 0.279 e. The van der Waals surface area contributed by atoms with Crippen molar-refractivity contribution in [2.45, 2.75) is 58.5 Å². The molecule has 13 nitrogen and oxygen atoms in total. The second-order valence-electron chi connectivity index (χ2n) is 13.4. The normalized spacial score (nSPS) is 12.7. The first-order chi connectivity index (χ1) is 21.3. The lowest BCUT2D eigenvalue weighted by Crippen LogP contribution is -2.64. The molecule has 14 heteroatoms. The number of non-ortho nitro benzene ring substituents is 3. The van der Waals surface area contributed by atoms with Crippen molar-refractivity contribution in [1.82, 2.24) is 0 Å². The summed E-state index contributed by atoms with van der Waals surface area (Å²) in [6, 6.07) is 12.9. The molecule has 0 atom stereocenters. The van der Waals surface area contributed by atoms with Crippen LogP contribution in [0, 0.1) is 40.5 Å². The molecule has 5 aromatic carbocycles. The van der Waals surface area contributed by atoms with Crippen LogP contribution in [-0.4, -0.2) is 34.6 Å². The first-order valence-electron chi connectivity index (χ1n) is 14.5. The van der Waals surface area contributed by atoms with Gasteiger partial charge in [0.1, 0.15) is 0 Å². The summed E-state index contributed by atoms with van der Waals surface area (Å²) in [6.07, 6.45) is 0. The summed E-state index contributed by atoms with van der Waals surface area (Å²) in [4.78, 5) is 46.9. The van der Waals surface area contributed by atoms with E-state index < -0.39 is 38.1 Å². The third-order valence-corrected chi connectivity index (χ3v) is 14.8. The van der Waals surface area contributed by atoms with Crippen molar-refractivity contribution in [3.63, 3.8) is 0 Å². The largest absolute Gasteiger partial charge is 0.411 e. The summed E-state index contributed by atoms with van der Waals surface area (Å²) in [7, 11) is -3.42. The van der Waals surface area contributed by atoms with Crippen LogP contribution in [0.1, 0.15) is 48.5 Å². The number of hydrogen-bond donors (Lipinski definition) is 0. The maximum atomic E-state index is 13.0. The van der Waals surface area contributed by atoms with Crippen molar-refractivity contribution in [2.24, 2.45) is 0 Å². The van der Waals surface area contributed by atoms with Gasteiger partial charge in [0.15, 0.2) is 0 Å². The van der Waals surface area contributed by atoms with Gasteiger partial charge in [0.25, 0.3) is 22.7 Å². The summed E-state index contributed by atoms with van der Waals surface area (Å²) in [5.41, 5.74) is -1.16. The summed E-state index contributed by atoms with van der Waals surface area (Å²) >= 11 is 0. The second kappa shape index (κ2) is 10.8. The van der Waals surface area contributed by atoms with E-state index in [1.54, 1.807) is 18.2 Å². The summed E-state index contributed by atoms with van der Waals surface area (Å²) in [5, 5.41) is 50.4. The first-order valence-corrected chi connectivity index (χ1v) is 16.4. The zero-order valence-electron chi connectivity index (χ0n) is 26.4. The molecule has 46 heavy (non-hydrogen) atoms. The Bertz CT molecular complexity index is 2150. The van der Waals surface area contributed by atoms with Gasteiger partial charge >= 0.3 is 0 Å². The van der Waals surface area contributed by atoms with Crippen LogP contribution in [0.15, 0.2) is 54.6 Å². The van der Waals surface area contributed by atoms with Crippen LogP contribution >= 0.6 is 0 Å². The molecule has 0 fully saturated rings. The van der Waals surface area contributed by atoms with E-state index in [0.29, 0.717) is 21.5 Å². The van der Waals surface area contributed by atoms with Crippen molar-refractivity contribution in [2.75, 3.05) is 6.61 Å². The molecule has 0 spiro atoms. The van der Waals surface area contributed by atoms with Crippen molar-refractivity contribution in [3.05, 3.63) is 95.1 Å². The molecule has 0 saturated carbocycles. The van der Waals surface area contributed by atoms with Gasteiger partial charge in [-0.3, -0.25) is 40.5 Å². The van der Waals surface area contributed by atoms with Crippen molar-refractivity contribution >= 4 is 79.3 Å². The molecule has 0 amide bonds. The number of fused-ring (bicyclic) bond motifs is 4. The van der Waals surface area contributed by atoms with E-state index in [2.05, 4.69) is 0 Å². The Balaban J connectivity index is 1.98. The molecule has 0 heterocycles. The fourth-order valence-corrected chi connectivity index (χ4v) is 13.5. The lowest BCUT2D eigenvalue weighted by Gasteiger charge is -2.50. The Hall–Kier alpha value is -5.08. The van der Waals surface area contributed by atoms with E-state index in [0.717, 1.165) is 12.1 Å². The number of rotatable bonds is 7. The average molecular weight is 645 g/mol. The predicted molar refractivity (Wildman–Crippen MR) is 180 cm³/mol. The number of nitro benzene ring substituents is 4. The lowest BCUT2D eigenvalue weighted by atomic mass is 9.95. The molecule has 0 radical (unpaired) electrons. The zero-order chi connectivity index (χ0) is 34.1. The van der Waals surface area contributed by atoms with Gasteiger partial charge in [-0.2, -0.15) is 0 Å². The molecule has 5 aromatic rings. The highest BCUT2D eigenvalue weighted by Gasteiger charge is 2.60. The van der Waals surface area contributed by atoms with E-state index in [9.17, 15) is 40.5 Å². The average Bonchev–Trinajstić information content (AvgIpc) is 2.93. The lowest BCUT2D eigenvalue weighted by molar-refractivity contribution is -0.386. The molecule has 0 aliphatic carbocycles. The Morgan fingerprint density at radius 3 is 1.26 bits per heavy atom. The highest BCUT2D eigenvalue weighted by atomic mass is 28.4.